The van der Waals surface area contributed by atoms with Crippen LogP contribution in [0.3, 0.4) is 0 Å². The van der Waals surface area contributed by atoms with E-state index in [2.05, 4.69) is 22.0 Å². The molecule has 4 heterocycles. The van der Waals surface area contributed by atoms with Gasteiger partial charge in [-0.15, -0.1) is 0 Å². The summed E-state index contributed by atoms with van der Waals surface area (Å²) in [5.74, 6) is 0.966. The number of hydrogen-bond acceptors (Lipinski definition) is 7. The number of sulfonamides is 1. The highest BCUT2D eigenvalue weighted by atomic mass is 32.2. The number of rotatable bonds is 7. The van der Waals surface area contributed by atoms with E-state index >= 15 is 0 Å². The Balaban J connectivity index is 1.13. The standard InChI is InChI=1S/C26H35N5O5S/c1-26(12-19-6-4-3-5-7-19)13-20(8-11-31(26)25(32)33)18-36-22-16-29(17-22)24-27-14-21-15-30(37(2,34)35)10-9-23(21)28-24/h3-7,14,20,22H,8-13,15-18H2,1-2H3,(H,32,33)/t20-,26+/m1/s1. The number of piperidine rings is 1. The number of likely N-dealkylation sites (tertiary alicyclic amines) is 1. The van der Waals surface area contributed by atoms with Gasteiger partial charge in [0.2, 0.25) is 16.0 Å². The molecule has 2 atom stereocenters. The Kier molecular flexibility index (Phi) is 7.12. The minimum absolute atomic E-state index is 0.0956. The van der Waals surface area contributed by atoms with E-state index in [-0.39, 0.29) is 6.10 Å². The second kappa shape index (κ2) is 10.2. The molecule has 0 aliphatic carbocycles. The van der Waals surface area contributed by atoms with Gasteiger partial charge in [-0.2, -0.15) is 4.31 Å². The molecule has 1 N–H and O–H groups in total. The zero-order valence-corrected chi connectivity index (χ0v) is 22.2. The van der Waals surface area contributed by atoms with Crippen LogP contribution in [0.1, 0.15) is 36.6 Å². The monoisotopic (exact) mass is 529 g/mol. The highest BCUT2D eigenvalue weighted by Crippen LogP contribution is 2.35. The predicted molar refractivity (Wildman–Crippen MR) is 139 cm³/mol. The molecule has 3 aliphatic rings. The number of amides is 1. The minimum atomic E-state index is -3.22. The van der Waals surface area contributed by atoms with Gasteiger partial charge in [0.1, 0.15) is 0 Å². The molecule has 0 saturated carbocycles. The van der Waals surface area contributed by atoms with Gasteiger partial charge in [0.15, 0.2) is 0 Å². The quantitative estimate of drug-likeness (QED) is 0.581. The molecule has 0 spiro atoms. The topological polar surface area (TPSA) is 116 Å². The van der Waals surface area contributed by atoms with Crippen molar-refractivity contribution in [3.05, 3.63) is 53.3 Å². The summed E-state index contributed by atoms with van der Waals surface area (Å²) in [5.41, 5.74) is 2.45. The fraction of sp³-hybridized carbons (Fsp3) is 0.577. The summed E-state index contributed by atoms with van der Waals surface area (Å²) in [5, 5.41) is 9.81. The first-order valence-electron chi connectivity index (χ1n) is 12.8. The lowest BCUT2D eigenvalue weighted by molar-refractivity contribution is -0.0269. The molecule has 2 saturated heterocycles. The molecule has 11 heteroatoms. The Labute approximate surface area is 218 Å². The highest BCUT2D eigenvalue weighted by molar-refractivity contribution is 7.88. The molecular formula is C26H35N5O5S. The van der Waals surface area contributed by atoms with E-state index in [9.17, 15) is 18.3 Å². The van der Waals surface area contributed by atoms with Gasteiger partial charge in [0.25, 0.3) is 0 Å². The van der Waals surface area contributed by atoms with E-state index in [1.807, 2.05) is 25.1 Å². The molecule has 3 aliphatic heterocycles. The van der Waals surface area contributed by atoms with E-state index in [1.54, 1.807) is 11.1 Å². The van der Waals surface area contributed by atoms with Crippen LogP contribution in [-0.4, -0.2) is 89.5 Å². The third-order valence-electron chi connectivity index (χ3n) is 7.85. The smallest absolute Gasteiger partial charge is 0.407 e. The first-order chi connectivity index (χ1) is 17.6. The number of aromatic nitrogens is 2. The summed E-state index contributed by atoms with van der Waals surface area (Å²) < 4.78 is 31.4. The molecule has 0 bridgehead atoms. The number of fused-ring (bicyclic) bond motifs is 1. The van der Waals surface area contributed by atoms with E-state index in [1.165, 1.54) is 10.6 Å². The van der Waals surface area contributed by atoms with Crippen molar-refractivity contribution in [2.75, 3.05) is 43.9 Å². The van der Waals surface area contributed by atoms with Crippen molar-refractivity contribution in [1.29, 1.82) is 0 Å². The minimum Gasteiger partial charge on any atom is -0.465 e. The predicted octanol–water partition coefficient (Wildman–Crippen LogP) is 2.39. The molecule has 2 fully saturated rings. The Morgan fingerprint density at radius 1 is 1.22 bits per heavy atom. The maximum Gasteiger partial charge on any atom is 0.407 e. The number of ether oxygens (including phenoxy) is 1. The van der Waals surface area contributed by atoms with E-state index < -0.39 is 21.7 Å². The number of nitrogens with zero attached hydrogens (tertiary/aromatic N) is 5. The maximum atomic E-state index is 12.0. The van der Waals surface area contributed by atoms with Crippen LogP contribution >= 0.6 is 0 Å². The van der Waals surface area contributed by atoms with Gasteiger partial charge < -0.3 is 19.6 Å². The third-order valence-corrected chi connectivity index (χ3v) is 9.10. The second-order valence-corrected chi connectivity index (χ2v) is 12.8. The summed E-state index contributed by atoms with van der Waals surface area (Å²) in [6, 6.07) is 10.1. The van der Waals surface area contributed by atoms with E-state index in [0.29, 0.717) is 64.0 Å². The SMILES string of the molecule is C[C@]1(Cc2ccccc2)C[C@H](COC2CN(c3ncc4c(n3)CCN(S(C)(=O)=O)C4)C2)CCN1C(=O)O. The lowest BCUT2D eigenvalue weighted by Crippen LogP contribution is -2.57. The van der Waals surface area contributed by atoms with E-state index in [4.69, 9.17) is 9.72 Å². The second-order valence-electron chi connectivity index (χ2n) is 10.8. The molecule has 5 rings (SSSR count). The summed E-state index contributed by atoms with van der Waals surface area (Å²) in [6.45, 7) is 5.37. The van der Waals surface area contributed by atoms with Gasteiger partial charge in [0.05, 0.1) is 24.7 Å². The first kappa shape index (κ1) is 25.9. The molecule has 0 radical (unpaired) electrons. The molecule has 0 unspecified atom stereocenters. The normalized spacial score (nSPS) is 25.0. The Morgan fingerprint density at radius 3 is 2.68 bits per heavy atom. The Morgan fingerprint density at radius 2 is 1.97 bits per heavy atom. The lowest BCUT2D eigenvalue weighted by atomic mass is 9.78. The Hall–Kier alpha value is -2.76. The van der Waals surface area contributed by atoms with Crippen molar-refractivity contribution < 1.29 is 23.1 Å². The van der Waals surface area contributed by atoms with Crippen LogP contribution in [0.4, 0.5) is 10.7 Å². The molecule has 2 aromatic rings. The molecule has 37 heavy (non-hydrogen) atoms. The van der Waals surface area contributed by atoms with Crippen LogP contribution in [0.2, 0.25) is 0 Å². The van der Waals surface area contributed by atoms with Crippen molar-refractivity contribution in [3.63, 3.8) is 0 Å². The van der Waals surface area contributed by atoms with Gasteiger partial charge in [-0.05, 0) is 37.7 Å². The van der Waals surface area contributed by atoms with Crippen LogP contribution in [0, 0.1) is 5.92 Å². The van der Waals surface area contributed by atoms with Gasteiger partial charge in [0, 0.05) is 56.4 Å². The highest BCUT2D eigenvalue weighted by Gasteiger charge is 2.42. The average Bonchev–Trinajstić information content (AvgIpc) is 2.82. The average molecular weight is 530 g/mol. The summed E-state index contributed by atoms with van der Waals surface area (Å²) in [4.78, 5) is 24.8. The van der Waals surface area contributed by atoms with Gasteiger partial charge in [-0.25, -0.2) is 23.2 Å². The molecule has 1 aromatic carbocycles. The largest absolute Gasteiger partial charge is 0.465 e. The molecular weight excluding hydrogens is 494 g/mol. The van der Waals surface area contributed by atoms with Gasteiger partial charge >= 0.3 is 6.09 Å². The van der Waals surface area contributed by atoms with Crippen LogP contribution in [-0.2, 0) is 34.1 Å². The number of carbonyl (C=O) groups is 1. The van der Waals surface area contributed by atoms with Crippen LogP contribution < -0.4 is 4.90 Å². The number of carboxylic acid groups (broad SMARTS) is 1. The van der Waals surface area contributed by atoms with Gasteiger partial charge in [-0.1, -0.05) is 30.3 Å². The van der Waals surface area contributed by atoms with E-state index in [0.717, 1.165) is 29.7 Å². The van der Waals surface area contributed by atoms with Crippen molar-refractivity contribution in [1.82, 2.24) is 19.2 Å². The summed E-state index contributed by atoms with van der Waals surface area (Å²) in [7, 11) is -3.22. The van der Waals surface area contributed by atoms with Crippen molar-refractivity contribution in [3.8, 4) is 0 Å². The summed E-state index contributed by atoms with van der Waals surface area (Å²) in [6.07, 6.45) is 5.04. The van der Waals surface area contributed by atoms with Crippen LogP contribution in [0.25, 0.3) is 0 Å². The zero-order chi connectivity index (χ0) is 26.2. The Bertz CT molecular complexity index is 1240. The maximum absolute atomic E-state index is 12.0. The van der Waals surface area contributed by atoms with Crippen molar-refractivity contribution >= 4 is 22.1 Å². The van der Waals surface area contributed by atoms with Crippen molar-refractivity contribution in [2.24, 2.45) is 5.92 Å². The van der Waals surface area contributed by atoms with Crippen LogP contribution in [0.15, 0.2) is 36.5 Å². The molecule has 200 valence electrons. The third kappa shape index (κ3) is 5.73. The molecule has 1 aromatic heterocycles. The fourth-order valence-electron chi connectivity index (χ4n) is 5.78. The number of benzene rings is 1. The summed E-state index contributed by atoms with van der Waals surface area (Å²) >= 11 is 0. The lowest BCUT2D eigenvalue weighted by Gasteiger charge is -2.47. The molecule has 10 nitrogen and oxygen atoms in total. The first-order valence-corrected chi connectivity index (χ1v) is 14.7. The van der Waals surface area contributed by atoms with Crippen molar-refractivity contribution in [2.45, 2.75) is 50.8 Å². The van der Waals surface area contributed by atoms with Crippen LogP contribution in [0.5, 0.6) is 0 Å². The zero-order valence-electron chi connectivity index (χ0n) is 21.4. The number of anilines is 1. The molecule has 1 amide bonds. The number of hydrogen-bond donors (Lipinski definition) is 1. The fourth-order valence-corrected chi connectivity index (χ4v) is 6.58. The van der Waals surface area contributed by atoms with Gasteiger partial charge in [-0.3, -0.25) is 0 Å².